The highest BCUT2D eigenvalue weighted by atomic mass is 35.5. The number of anilines is 3. The molecule has 0 spiro atoms. The average molecular weight is 508 g/mol. The van der Waals surface area contributed by atoms with Gasteiger partial charge in [0.15, 0.2) is 11.5 Å². The van der Waals surface area contributed by atoms with E-state index in [2.05, 4.69) is 35.3 Å². The molecule has 0 amide bonds. The van der Waals surface area contributed by atoms with Crippen LogP contribution in [-0.2, 0) is 4.74 Å². The summed E-state index contributed by atoms with van der Waals surface area (Å²) < 4.78 is 12.6. The first kappa shape index (κ1) is 23.6. The van der Waals surface area contributed by atoms with Gasteiger partial charge in [0, 0.05) is 38.7 Å². The normalized spacial score (nSPS) is 12.1. The molecule has 4 aromatic heterocycles. The number of halogens is 1. The number of aromatic nitrogens is 7. The van der Waals surface area contributed by atoms with Crippen molar-refractivity contribution in [2.75, 3.05) is 37.5 Å². The van der Waals surface area contributed by atoms with Crippen molar-refractivity contribution in [3.05, 3.63) is 60.4 Å². The molecule has 0 radical (unpaired) electrons. The molecule has 13 heteroatoms. The Morgan fingerprint density at radius 1 is 1.14 bits per heavy atom. The first-order valence-corrected chi connectivity index (χ1v) is 11.3. The third-order valence-corrected chi connectivity index (χ3v) is 5.52. The summed E-state index contributed by atoms with van der Waals surface area (Å²) in [6, 6.07) is 8.86. The maximum Gasteiger partial charge on any atom is 0.225 e. The van der Waals surface area contributed by atoms with Gasteiger partial charge in [0.2, 0.25) is 5.95 Å². The lowest BCUT2D eigenvalue weighted by molar-refractivity contribution is 0.0693. The van der Waals surface area contributed by atoms with Crippen molar-refractivity contribution in [1.29, 1.82) is 0 Å². The first-order valence-electron chi connectivity index (χ1n) is 10.9. The monoisotopic (exact) mass is 507 g/mol. The molecule has 36 heavy (non-hydrogen) atoms. The van der Waals surface area contributed by atoms with E-state index in [1.54, 1.807) is 53.1 Å². The number of hydrogen-bond acceptors (Lipinski definition) is 11. The summed E-state index contributed by atoms with van der Waals surface area (Å²) in [4.78, 5) is 23.4. The number of benzene rings is 1. The number of ether oxygens (including phenoxy) is 2. The van der Waals surface area contributed by atoms with Crippen LogP contribution < -0.4 is 15.0 Å². The topological polar surface area (TPSA) is 136 Å². The number of methoxy groups -OCH3 is 1. The highest BCUT2D eigenvalue weighted by Gasteiger charge is 2.14. The van der Waals surface area contributed by atoms with Gasteiger partial charge < -0.3 is 24.8 Å². The summed E-state index contributed by atoms with van der Waals surface area (Å²) in [5.74, 6) is 1.97. The summed E-state index contributed by atoms with van der Waals surface area (Å²) in [7, 11) is 3.32. The zero-order chi connectivity index (χ0) is 25.1. The Hall–Kier alpha value is -4.13. The number of rotatable bonds is 9. The molecular weight excluding hydrogens is 486 g/mol. The Morgan fingerprint density at radius 3 is 2.86 bits per heavy atom. The van der Waals surface area contributed by atoms with E-state index in [-0.39, 0.29) is 6.61 Å². The zero-order valence-electron chi connectivity index (χ0n) is 19.4. The number of aliphatic hydroxyl groups is 1. The van der Waals surface area contributed by atoms with Crippen molar-refractivity contribution in [2.24, 2.45) is 0 Å². The third-order valence-electron chi connectivity index (χ3n) is 5.22. The predicted molar refractivity (Wildman–Crippen MR) is 134 cm³/mol. The molecule has 1 aromatic carbocycles. The lowest BCUT2D eigenvalue weighted by Gasteiger charge is -2.20. The van der Waals surface area contributed by atoms with Crippen LogP contribution in [-0.4, -0.2) is 73.1 Å². The minimum absolute atomic E-state index is 0.212. The van der Waals surface area contributed by atoms with Crippen LogP contribution in [0.2, 0.25) is 5.02 Å². The Balaban J connectivity index is 1.36. The Morgan fingerprint density at radius 2 is 2.03 bits per heavy atom. The van der Waals surface area contributed by atoms with Crippen LogP contribution >= 0.6 is 11.6 Å². The number of pyridine rings is 1. The minimum atomic E-state index is -0.676. The number of aliphatic hydroxyl groups excluding tert-OH is 1. The van der Waals surface area contributed by atoms with Gasteiger partial charge in [-0.1, -0.05) is 11.6 Å². The van der Waals surface area contributed by atoms with Gasteiger partial charge in [0.05, 0.1) is 23.9 Å². The van der Waals surface area contributed by atoms with Gasteiger partial charge in [0.1, 0.15) is 35.2 Å². The Bertz CT molecular complexity index is 1510. The van der Waals surface area contributed by atoms with Gasteiger partial charge in [-0.3, -0.25) is 0 Å². The van der Waals surface area contributed by atoms with E-state index in [1.165, 1.54) is 19.8 Å². The second-order valence-electron chi connectivity index (χ2n) is 7.91. The lowest BCUT2D eigenvalue weighted by Crippen LogP contribution is -2.32. The van der Waals surface area contributed by atoms with Gasteiger partial charge in [0.25, 0.3) is 0 Å². The molecule has 0 bridgehead atoms. The molecule has 1 atom stereocenters. The van der Waals surface area contributed by atoms with Crippen molar-refractivity contribution in [3.8, 4) is 11.5 Å². The second-order valence-corrected chi connectivity index (χ2v) is 8.32. The fourth-order valence-corrected chi connectivity index (χ4v) is 3.77. The van der Waals surface area contributed by atoms with Crippen molar-refractivity contribution >= 4 is 45.7 Å². The van der Waals surface area contributed by atoms with Crippen molar-refractivity contribution in [2.45, 2.75) is 6.10 Å². The Labute approximate surface area is 210 Å². The molecule has 5 rings (SSSR count). The smallest absolute Gasteiger partial charge is 0.225 e. The van der Waals surface area contributed by atoms with E-state index in [0.29, 0.717) is 57.2 Å². The molecule has 0 saturated heterocycles. The molecule has 0 aliphatic heterocycles. The quantitative estimate of drug-likeness (QED) is 0.304. The molecule has 0 aliphatic carbocycles. The van der Waals surface area contributed by atoms with Gasteiger partial charge in [-0.05, 0) is 24.3 Å². The van der Waals surface area contributed by atoms with Crippen LogP contribution in [0, 0.1) is 0 Å². The zero-order valence-corrected chi connectivity index (χ0v) is 20.2. The molecule has 184 valence electrons. The SMILES string of the molecule is COC[C@H](O)CN(C)c1ncc2ncnc(Nc3ccc(Oc4ccn5ncnc5c4)c(Cl)c3)c2n1. The predicted octanol–water partition coefficient (Wildman–Crippen LogP) is 3.10. The van der Waals surface area contributed by atoms with Gasteiger partial charge in [-0.2, -0.15) is 5.10 Å². The maximum atomic E-state index is 10.0. The maximum absolute atomic E-state index is 10.0. The van der Waals surface area contributed by atoms with E-state index in [1.807, 2.05) is 6.07 Å². The molecule has 0 fully saturated rings. The molecule has 4 heterocycles. The number of likely N-dealkylation sites (N-methyl/N-ethyl adjacent to an activating group) is 1. The van der Waals surface area contributed by atoms with E-state index < -0.39 is 6.10 Å². The number of nitrogens with zero attached hydrogens (tertiary/aromatic N) is 8. The number of hydrogen-bond donors (Lipinski definition) is 2. The average Bonchev–Trinajstić information content (AvgIpc) is 3.34. The molecule has 2 N–H and O–H groups in total. The first-order chi connectivity index (χ1) is 17.5. The van der Waals surface area contributed by atoms with Crippen molar-refractivity contribution in [1.82, 2.24) is 34.5 Å². The number of fused-ring (bicyclic) bond motifs is 2. The largest absolute Gasteiger partial charge is 0.456 e. The lowest BCUT2D eigenvalue weighted by atomic mass is 10.3. The van der Waals surface area contributed by atoms with Crippen LogP contribution in [0.4, 0.5) is 17.5 Å². The highest BCUT2D eigenvalue weighted by Crippen LogP contribution is 2.33. The second kappa shape index (κ2) is 10.2. The summed E-state index contributed by atoms with van der Waals surface area (Å²) >= 11 is 6.50. The third kappa shape index (κ3) is 5.10. The molecule has 0 aliphatic rings. The fourth-order valence-electron chi connectivity index (χ4n) is 3.55. The van der Waals surface area contributed by atoms with Crippen LogP contribution in [0.15, 0.2) is 55.4 Å². The van der Waals surface area contributed by atoms with Crippen molar-refractivity contribution in [3.63, 3.8) is 0 Å². The fraction of sp³-hybridized carbons (Fsp3) is 0.217. The molecule has 5 aromatic rings. The molecule has 12 nitrogen and oxygen atoms in total. The van der Waals surface area contributed by atoms with Crippen LogP contribution in [0.3, 0.4) is 0 Å². The Kier molecular flexibility index (Phi) is 6.71. The molecular formula is C23H22ClN9O3. The molecule has 0 unspecified atom stereocenters. The van der Waals surface area contributed by atoms with Crippen molar-refractivity contribution < 1.29 is 14.6 Å². The van der Waals surface area contributed by atoms with Crippen LogP contribution in [0.5, 0.6) is 11.5 Å². The number of nitrogens with one attached hydrogen (secondary N) is 1. The van der Waals surface area contributed by atoms with Crippen LogP contribution in [0.1, 0.15) is 0 Å². The minimum Gasteiger partial charge on any atom is -0.456 e. The summed E-state index contributed by atoms with van der Waals surface area (Å²) in [5, 5.41) is 17.7. The van der Waals surface area contributed by atoms with Gasteiger partial charge in [-0.15, -0.1) is 0 Å². The van der Waals surface area contributed by atoms with Crippen LogP contribution in [0.25, 0.3) is 16.7 Å². The van der Waals surface area contributed by atoms with E-state index in [9.17, 15) is 5.11 Å². The van der Waals surface area contributed by atoms with Gasteiger partial charge >= 0.3 is 0 Å². The van der Waals surface area contributed by atoms with Gasteiger partial charge in [-0.25, -0.2) is 29.4 Å². The standard InChI is InChI=1S/C23H22ClN9O3/c1-32(10-15(34)11-35-2)23-25-9-18-21(31-23)22(28-12-26-18)30-14-3-4-19(17(24)7-14)36-16-5-6-33-20(8-16)27-13-29-33/h3-9,12-13,15,34H,10-11H2,1-2H3,(H,26,28,30)/t15-/m1/s1. The summed E-state index contributed by atoms with van der Waals surface area (Å²) in [5.41, 5.74) is 2.44. The highest BCUT2D eigenvalue weighted by molar-refractivity contribution is 6.32. The van der Waals surface area contributed by atoms with E-state index in [4.69, 9.17) is 21.1 Å². The molecule has 0 saturated carbocycles. The summed E-state index contributed by atoms with van der Waals surface area (Å²) in [6.07, 6.45) is 5.59. The van der Waals surface area contributed by atoms with E-state index in [0.717, 1.165) is 0 Å². The summed E-state index contributed by atoms with van der Waals surface area (Å²) in [6.45, 7) is 0.514. The van der Waals surface area contributed by atoms with E-state index >= 15 is 0 Å².